The Labute approximate surface area is 185 Å². The van der Waals surface area contributed by atoms with Gasteiger partial charge in [-0.1, -0.05) is 47.7 Å². The molecule has 31 heavy (non-hydrogen) atoms. The number of nitrogens with one attached hydrogen (secondary N) is 1. The maximum absolute atomic E-state index is 13.3. The van der Waals surface area contributed by atoms with Crippen LogP contribution in [-0.2, 0) is 0 Å². The van der Waals surface area contributed by atoms with Gasteiger partial charge in [0.15, 0.2) is 0 Å². The maximum Gasteiger partial charge on any atom is 0.215 e. The lowest BCUT2D eigenvalue weighted by Crippen LogP contribution is -2.12. The number of pyridine rings is 1. The number of anilines is 3. The van der Waals surface area contributed by atoms with Crippen molar-refractivity contribution < 1.29 is 4.39 Å². The topological polar surface area (TPSA) is 68.0 Å². The van der Waals surface area contributed by atoms with E-state index in [0.29, 0.717) is 20.9 Å². The van der Waals surface area contributed by atoms with E-state index in [1.165, 1.54) is 23.5 Å². The molecule has 0 fully saturated rings. The molecule has 5 rings (SSSR count). The van der Waals surface area contributed by atoms with Crippen LogP contribution in [0.3, 0.4) is 0 Å². The average molecular weight is 446 g/mol. The van der Waals surface area contributed by atoms with E-state index in [4.69, 9.17) is 10.7 Å². The van der Waals surface area contributed by atoms with Gasteiger partial charge in [-0.15, -0.1) is 11.3 Å². The third-order valence-electron chi connectivity index (χ3n) is 4.86. The summed E-state index contributed by atoms with van der Waals surface area (Å²) in [6.45, 7) is 0. The van der Waals surface area contributed by atoms with Crippen LogP contribution in [0.25, 0.3) is 31.9 Å². The lowest BCUT2D eigenvalue weighted by atomic mass is 10.0. The summed E-state index contributed by atoms with van der Waals surface area (Å²) in [5.41, 5.74) is 9.25. The van der Waals surface area contributed by atoms with Crippen molar-refractivity contribution in [2.75, 3.05) is 11.1 Å². The van der Waals surface area contributed by atoms with Crippen molar-refractivity contribution in [3.63, 3.8) is 0 Å². The molecule has 2 aromatic carbocycles. The molecule has 0 unspecified atom stereocenters. The van der Waals surface area contributed by atoms with Crippen molar-refractivity contribution in [3.8, 4) is 21.7 Å². The first-order valence-corrected chi connectivity index (χ1v) is 11.2. The van der Waals surface area contributed by atoms with Crippen LogP contribution >= 0.6 is 22.7 Å². The molecule has 0 amide bonds. The fraction of sp³-hybridized carbons (Fsp3) is 0. The number of rotatable bonds is 4. The Morgan fingerprint density at radius 2 is 1.74 bits per heavy atom. The first kappa shape index (κ1) is 19.4. The van der Waals surface area contributed by atoms with Crippen molar-refractivity contribution in [1.82, 2.24) is 4.98 Å². The number of hydrogen-bond acceptors (Lipinski definition) is 6. The molecule has 3 heterocycles. The molecule has 3 aromatic heterocycles. The van der Waals surface area contributed by atoms with Gasteiger partial charge < -0.3 is 11.1 Å². The summed E-state index contributed by atoms with van der Waals surface area (Å²) in [7, 11) is 0. The highest BCUT2D eigenvalue weighted by atomic mass is 32.1. The van der Waals surface area contributed by atoms with E-state index in [0.717, 1.165) is 21.7 Å². The molecule has 0 aliphatic rings. The molecular formula is C24H16FN3OS2. The molecule has 4 nitrogen and oxygen atoms in total. The van der Waals surface area contributed by atoms with Crippen LogP contribution in [0.1, 0.15) is 0 Å². The molecule has 0 aliphatic carbocycles. The van der Waals surface area contributed by atoms with Gasteiger partial charge in [-0.05, 0) is 52.9 Å². The Morgan fingerprint density at radius 3 is 2.45 bits per heavy atom. The van der Waals surface area contributed by atoms with Gasteiger partial charge in [-0.3, -0.25) is 4.79 Å². The molecule has 7 heteroatoms. The van der Waals surface area contributed by atoms with E-state index in [1.54, 1.807) is 23.5 Å². The van der Waals surface area contributed by atoms with Crippen LogP contribution in [0.15, 0.2) is 83.0 Å². The number of nitrogen functional groups attached to an aromatic ring is 1. The molecule has 0 atom stereocenters. The van der Waals surface area contributed by atoms with E-state index in [1.807, 2.05) is 53.9 Å². The Hall–Kier alpha value is -3.55. The second-order valence-electron chi connectivity index (χ2n) is 6.88. The van der Waals surface area contributed by atoms with Gasteiger partial charge >= 0.3 is 0 Å². The summed E-state index contributed by atoms with van der Waals surface area (Å²) in [6, 6.07) is 21.6. The molecule has 0 radical (unpaired) electrons. The molecule has 0 saturated carbocycles. The average Bonchev–Trinajstić information content (AvgIpc) is 3.34. The monoisotopic (exact) mass is 445 g/mol. The predicted molar refractivity (Wildman–Crippen MR) is 129 cm³/mol. The predicted octanol–water partition coefficient (Wildman–Crippen LogP) is 6.52. The normalized spacial score (nSPS) is 11.0. The van der Waals surface area contributed by atoms with Crippen LogP contribution in [0.4, 0.5) is 20.8 Å². The minimum Gasteiger partial charge on any atom is -0.393 e. The molecule has 0 bridgehead atoms. The fourth-order valence-electron chi connectivity index (χ4n) is 3.36. The highest BCUT2D eigenvalue weighted by molar-refractivity contribution is 7.22. The van der Waals surface area contributed by atoms with Gasteiger partial charge in [0.05, 0.1) is 16.0 Å². The number of aromatic nitrogens is 1. The first-order chi connectivity index (χ1) is 15.1. The number of thiophene rings is 1. The van der Waals surface area contributed by atoms with Crippen molar-refractivity contribution in [2.24, 2.45) is 0 Å². The number of fused-ring (bicyclic) bond motifs is 1. The van der Waals surface area contributed by atoms with E-state index in [2.05, 4.69) is 5.32 Å². The van der Waals surface area contributed by atoms with Crippen molar-refractivity contribution in [2.45, 2.75) is 0 Å². The minimum absolute atomic E-state index is 0.115. The van der Waals surface area contributed by atoms with E-state index in [-0.39, 0.29) is 16.9 Å². The quantitative estimate of drug-likeness (QED) is 0.331. The van der Waals surface area contributed by atoms with Gasteiger partial charge in [0.2, 0.25) is 5.43 Å². The van der Waals surface area contributed by atoms with Crippen LogP contribution in [0.5, 0.6) is 0 Å². The SMILES string of the molecule is Nc1c(Nc2ccc(F)cc2)sc2nc(-c3cccs3)cc(-c3ccccc3)c2c1=O. The molecule has 0 saturated heterocycles. The number of benzene rings is 2. The molecule has 0 spiro atoms. The molecule has 152 valence electrons. The van der Waals surface area contributed by atoms with Gasteiger partial charge in [-0.25, -0.2) is 9.37 Å². The zero-order valence-electron chi connectivity index (χ0n) is 16.1. The number of nitrogens with two attached hydrogens (primary N) is 1. The number of halogens is 1. The Morgan fingerprint density at radius 1 is 0.968 bits per heavy atom. The van der Waals surface area contributed by atoms with E-state index < -0.39 is 0 Å². The second-order valence-corrected chi connectivity index (χ2v) is 8.83. The second kappa shape index (κ2) is 7.94. The van der Waals surface area contributed by atoms with E-state index in [9.17, 15) is 9.18 Å². The van der Waals surface area contributed by atoms with Crippen LogP contribution in [0, 0.1) is 5.82 Å². The summed E-state index contributed by atoms with van der Waals surface area (Å²) in [5.74, 6) is -0.333. The van der Waals surface area contributed by atoms with E-state index >= 15 is 0 Å². The molecule has 0 aliphatic heterocycles. The zero-order valence-corrected chi connectivity index (χ0v) is 17.8. The van der Waals surface area contributed by atoms with Crippen LogP contribution in [-0.4, -0.2) is 4.98 Å². The lowest BCUT2D eigenvalue weighted by Gasteiger charge is -2.13. The maximum atomic E-state index is 13.3. The largest absolute Gasteiger partial charge is 0.393 e. The number of hydrogen-bond donors (Lipinski definition) is 2. The van der Waals surface area contributed by atoms with Gasteiger partial charge in [0, 0.05) is 5.69 Å². The van der Waals surface area contributed by atoms with Gasteiger partial charge in [0.25, 0.3) is 0 Å². The third-order valence-corrected chi connectivity index (χ3v) is 6.77. The molecule has 5 aromatic rings. The summed E-state index contributed by atoms with van der Waals surface area (Å²) in [5, 5.41) is 6.12. The van der Waals surface area contributed by atoms with Crippen molar-refractivity contribution >= 4 is 49.3 Å². The number of nitrogens with zero attached hydrogens (tertiary/aromatic N) is 1. The van der Waals surface area contributed by atoms with Crippen molar-refractivity contribution in [1.29, 1.82) is 0 Å². The summed E-state index contributed by atoms with van der Waals surface area (Å²) < 4.78 is 13.3. The Kier molecular flexibility index (Phi) is 4.97. The van der Waals surface area contributed by atoms with Gasteiger partial charge in [-0.2, -0.15) is 0 Å². The summed E-state index contributed by atoms with van der Waals surface area (Å²) in [6.07, 6.45) is 0. The standard InChI is InChI=1S/C24H16FN3OS2/c25-15-8-10-16(11-9-15)27-24-21(26)22(29)20-17(14-5-2-1-3-6-14)13-18(28-23(20)31-24)19-7-4-12-30-19/h1-13,27H,26H2. The molecule has 3 N–H and O–H groups in total. The lowest BCUT2D eigenvalue weighted by molar-refractivity contribution is 0.628. The zero-order chi connectivity index (χ0) is 21.4. The highest BCUT2D eigenvalue weighted by Crippen LogP contribution is 2.37. The van der Waals surface area contributed by atoms with Crippen molar-refractivity contribution in [3.05, 3.63) is 94.2 Å². The Bertz CT molecular complexity index is 1430. The minimum atomic E-state index is -0.333. The van der Waals surface area contributed by atoms with Crippen LogP contribution < -0.4 is 16.5 Å². The van der Waals surface area contributed by atoms with Gasteiger partial charge in [0.1, 0.15) is 21.3 Å². The third kappa shape index (κ3) is 3.69. The van der Waals surface area contributed by atoms with Crippen LogP contribution in [0.2, 0.25) is 0 Å². The highest BCUT2D eigenvalue weighted by Gasteiger charge is 2.18. The summed E-state index contributed by atoms with van der Waals surface area (Å²) >= 11 is 2.90. The first-order valence-electron chi connectivity index (χ1n) is 9.49. The Balaban J connectivity index is 1.75. The fourth-order valence-corrected chi connectivity index (χ4v) is 5.06. The molecular weight excluding hydrogens is 429 g/mol. The smallest absolute Gasteiger partial charge is 0.215 e. The summed E-state index contributed by atoms with van der Waals surface area (Å²) in [4.78, 5) is 19.7.